The fourth-order valence-corrected chi connectivity index (χ4v) is 1.65. The summed E-state index contributed by atoms with van der Waals surface area (Å²) in [5.41, 5.74) is 0.473. The first-order chi connectivity index (χ1) is 9.85. The summed E-state index contributed by atoms with van der Waals surface area (Å²) in [6.07, 6.45) is 0.874. The van der Waals surface area contributed by atoms with E-state index >= 15 is 0 Å². The zero-order valence-corrected chi connectivity index (χ0v) is 12.1. The Bertz CT molecular complexity index is 651. The normalized spacial score (nSPS) is 11.0. The first-order valence-electron chi connectivity index (χ1n) is 6.46. The number of benzene rings is 1. The largest absolute Gasteiger partial charge is 0.507 e. The monoisotopic (exact) mass is 287 g/mol. The zero-order valence-electron chi connectivity index (χ0n) is 12.1. The average molecular weight is 287 g/mol. The molecule has 0 unspecified atom stereocenters. The molecule has 0 spiro atoms. The topological polar surface area (TPSA) is 84.3 Å². The number of nitrogens with one attached hydrogen (secondary N) is 1. The molecule has 0 saturated carbocycles. The number of para-hydroxylation sites is 1. The van der Waals surface area contributed by atoms with Gasteiger partial charge in [0.15, 0.2) is 0 Å². The lowest BCUT2D eigenvalue weighted by Gasteiger charge is -2.19. The van der Waals surface area contributed by atoms with Crippen LogP contribution >= 0.6 is 0 Å². The second kappa shape index (κ2) is 5.78. The molecular formula is C15H17N3O3. The number of aromatic nitrogens is 2. The summed E-state index contributed by atoms with van der Waals surface area (Å²) in [6.45, 7) is 5.31. The molecule has 0 radical (unpaired) electrons. The maximum Gasteiger partial charge on any atom is 0.414 e. The van der Waals surface area contributed by atoms with Crippen LogP contribution in [0.15, 0.2) is 36.5 Å². The van der Waals surface area contributed by atoms with Gasteiger partial charge in [-0.3, -0.25) is 5.32 Å². The van der Waals surface area contributed by atoms with Gasteiger partial charge < -0.3 is 9.84 Å². The van der Waals surface area contributed by atoms with E-state index in [9.17, 15) is 9.90 Å². The van der Waals surface area contributed by atoms with E-state index in [1.165, 1.54) is 6.20 Å². The van der Waals surface area contributed by atoms with Gasteiger partial charge in [-0.05, 0) is 39.0 Å². The lowest BCUT2D eigenvalue weighted by Crippen LogP contribution is -2.27. The number of aromatic hydroxyl groups is 1. The average Bonchev–Trinajstić information content (AvgIpc) is 2.37. The molecule has 21 heavy (non-hydrogen) atoms. The first kappa shape index (κ1) is 14.8. The van der Waals surface area contributed by atoms with Gasteiger partial charge in [0, 0.05) is 11.8 Å². The van der Waals surface area contributed by atoms with Crippen LogP contribution in [-0.2, 0) is 4.74 Å². The van der Waals surface area contributed by atoms with Crippen molar-refractivity contribution in [2.45, 2.75) is 26.4 Å². The van der Waals surface area contributed by atoms with E-state index in [2.05, 4.69) is 15.3 Å². The third kappa shape index (κ3) is 4.17. The van der Waals surface area contributed by atoms with Gasteiger partial charge in [0.25, 0.3) is 0 Å². The number of hydrogen-bond acceptors (Lipinski definition) is 5. The summed E-state index contributed by atoms with van der Waals surface area (Å²) in [5, 5.41) is 12.3. The van der Waals surface area contributed by atoms with Gasteiger partial charge in [-0.25, -0.2) is 14.8 Å². The smallest absolute Gasteiger partial charge is 0.414 e. The molecule has 2 rings (SSSR count). The summed E-state index contributed by atoms with van der Waals surface area (Å²) in [5.74, 6) is 0.226. The van der Waals surface area contributed by atoms with Crippen molar-refractivity contribution in [3.63, 3.8) is 0 Å². The summed E-state index contributed by atoms with van der Waals surface area (Å²) in [4.78, 5) is 19.8. The minimum Gasteiger partial charge on any atom is -0.507 e. The molecule has 2 N–H and O–H groups in total. The number of ether oxygens (including phenoxy) is 1. The molecule has 0 aliphatic heterocycles. The molecule has 6 heteroatoms. The molecule has 0 fully saturated rings. The molecule has 0 bridgehead atoms. The number of amides is 1. The van der Waals surface area contributed by atoms with E-state index in [0.717, 1.165) is 0 Å². The van der Waals surface area contributed by atoms with Gasteiger partial charge in [-0.15, -0.1) is 0 Å². The van der Waals surface area contributed by atoms with Crippen LogP contribution in [0, 0.1) is 0 Å². The highest BCUT2D eigenvalue weighted by Crippen LogP contribution is 2.27. The Kier molecular flexibility index (Phi) is 4.07. The fraction of sp³-hybridized carbons (Fsp3) is 0.267. The van der Waals surface area contributed by atoms with Crippen LogP contribution in [0.2, 0.25) is 0 Å². The number of carbonyl (C=O) groups excluding carboxylic acids is 1. The molecule has 110 valence electrons. The maximum absolute atomic E-state index is 11.7. The Morgan fingerprint density at radius 3 is 2.62 bits per heavy atom. The second-order valence-corrected chi connectivity index (χ2v) is 5.41. The third-order valence-corrected chi connectivity index (χ3v) is 2.45. The van der Waals surface area contributed by atoms with E-state index in [1.807, 2.05) is 0 Å². The van der Waals surface area contributed by atoms with Crippen molar-refractivity contribution in [2.75, 3.05) is 5.32 Å². The summed E-state index contributed by atoms with van der Waals surface area (Å²) >= 11 is 0. The lowest BCUT2D eigenvalue weighted by atomic mass is 10.1. The van der Waals surface area contributed by atoms with Crippen LogP contribution in [0.5, 0.6) is 5.75 Å². The fourth-order valence-electron chi connectivity index (χ4n) is 1.65. The van der Waals surface area contributed by atoms with E-state index < -0.39 is 11.7 Å². The number of rotatable bonds is 2. The molecule has 1 amide bonds. The van der Waals surface area contributed by atoms with Gasteiger partial charge in [-0.2, -0.15) is 0 Å². The molecule has 0 aliphatic carbocycles. The molecule has 0 aliphatic rings. The number of hydrogen-bond donors (Lipinski definition) is 2. The minimum absolute atomic E-state index is 0.111. The van der Waals surface area contributed by atoms with Crippen molar-refractivity contribution < 1.29 is 14.6 Å². The van der Waals surface area contributed by atoms with Gasteiger partial charge >= 0.3 is 6.09 Å². The Morgan fingerprint density at radius 1 is 1.24 bits per heavy atom. The maximum atomic E-state index is 11.7. The van der Waals surface area contributed by atoms with Gasteiger partial charge in [0.1, 0.15) is 11.4 Å². The van der Waals surface area contributed by atoms with Crippen molar-refractivity contribution in [3.8, 4) is 17.0 Å². The Labute approximate surface area is 122 Å². The Balaban J connectivity index is 2.19. The van der Waals surface area contributed by atoms with E-state index in [-0.39, 0.29) is 11.7 Å². The number of nitrogens with zero attached hydrogens (tertiary/aromatic N) is 2. The number of phenols is 1. The number of anilines is 1. The quantitative estimate of drug-likeness (QED) is 0.886. The second-order valence-electron chi connectivity index (χ2n) is 5.41. The van der Waals surface area contributed by atoms with E-state index in [4.69, 9.17) is 4.74 Å². The van der Waals surface area contributed by atoms with Crippen LogP contribution in [-0.4, -0.2) is 26.8 Å². The van der Waals surface area contributed by atoms with Crippen molar-refractivity contribution >= 4 is 12.0 Å². The molecule has 1 heterocycles. The van der Waals surface area contributed by atoms with Gasteiger partial charge in [0.05, 0.1) is 5.69 Å². The summed E-state index contributed by atoms with van der Waals surface area (Å²) in [6, 6.07) is 8.46. The predicted octanol–water partition coefficient (Wildman–Crippen LogP) is 3.20. The SMILES string of the molecule is CC(C)(C)OC(=O)Nc1nccc(-c2ccccc2O)n1. The highest BCUT2D eigenvalue weighted by molar-refractivity contribution is 5.83. The molecule has 0 atom stereocenters. The Morgan fingerprint density at radius 2 is 1.95 bits per heavy atom. The molecule has 6 nitrogen and oxygen atoms in total. The highest BCUT2D eigenvalue weighted by Gasteiger charge is 2.17. The van der Waals surface area contributed by atoms with Crippen LogP contribution < -0.4 is 5.32 Å². The third-order valence-electron chi connectivity index (χ3n) is 2.45. The summed E-state index contributed by atoms with van der Waals surface area (Å²) in [7, 11) is 0. The predicted molar refractivity (Wildman–Crippen MR) is 79.0 cm³/mol. The van der Waals surface area contributed by atoms with Crippen molar-refractivity contribution in [2.24, 2.45) is 0 Å². The van der Waals surface area contributed by atoms with Gasteiger partial charge in [0.2, 0.25) is 5.95 Å². The minimum atomic E-state index is -0.628. The zero-order chi connectivity index (χ0) is 15.5. The van der Waals surface area contributed by atoms with E-state index in [0.29, 0.717) is 11.3 Å². The molecule has 0 saturated heterocycles. The van der Waals surface area contributed by atoms with Gasteiger partial charge in [-0.1, -0.05) is 12.1 Å². The number of phenolic OH excluding ortho intramolecular Hbond substituents is 1. The molecular weight excluding hydrogens is 270 g/mol. The molecule has 1 aromatic heterocycles. The molecule has 1 aromatic carbocycles. The molecule has 2 aromatic rings. The summed E-state index contributed by atoms with van der Waals surface area (Å²) < 4.78 is 5.13. The lowest BCUT2D eigenvalue weighted by molar-refractivity contribution is 0.0634. The first-order valence-corrected chi connectivity index (χ1v) is 6.46. The van der Waals surface area contributed by atoms with Crippen LogP contribution in [0.1, 0.15) is 20.8 Å². The van der Waals surface area contributed by atoms with Crippen LogP contribution in [0.4, 0.5) is 10.7 Å². The van der Waals surface area contributed by atoms with Crippen LogP contribution in [0.25, 0.3) is 11.3 Å². The highest BCUT2D eigenvalue weighted by atomic mass is 16.6. The Hall–Kier alpha value is -2.63. The standard InChI is InChI=1S/C15H17N3O3/c1-15(2,3)21-14(20)18-13-16-9-8-11(17-13)10-6-4-5-7-12(10)19/h4-9,19H,1-3H3,(H,16,17,18,20). The van der Waals surface area contributed by atoms with E-state index in [1.54, 1.807) is 51.1 Å². The van der Waals surface area contributed by atoms with Crippen molar-refractivity contribution in [1.29, 1.82) is 0 Å². The van der Waals surface area contributed by atoms with Crippen molar-refractivity contribution in [1.82, 2.24) is 9.97 Å². The van der Waals surface area contributed by atoms with Crippen molar-refractivity contribution in [3.05, 3.63) is 36.5 Å². The van der Waals surface area contributed by atoms with Crippen LogP contribution in [0.3, 0.4) is 0 Å². The number of carbonyl (C=O) groups is 1.